The minimum atomic E-state index is -0.467. The lowest BCUT2D eigenvalue weighted by atomic mass is 9.68. The topological polar surface area (TPSA) is 109 Å². The number of aromatic amines is 1. The molecule has 2 aliphatic carbocycles. The molecule has 1 saturated heterocycles. The highest BCUT2D eigenvalue weighted by Crippen LogP contribution is 2.68. The van der Waals surface area contributed by atoms with Crippen molar-refractivity contribution in [1.82, 2.24) is 4.98 Å². The molecule has 12 heteroatoms. The number of aromatic nitrogens is 1. The van der Waals surface area contributed by atoms with Gasteiger partial charge in [0.1, 0.15) is 11.6 Å². The molecule has 4 unspecified atom stereocenters. The van der Waals surface area contributed by atoms with Gasteiger partial charge in [-0.3, -0.25) is 24.1 Å². The molecule has 1 aromatic heterocycles. The molecule has 0 spiro atoms. The number of carbonyl (C=O) groups excluding carboxylic acids is 3. The molecular formula is C33H25ClFN3O5S2. The van der Waals surface area contributed by atoms with E-state index in [1.807, 2.05) is 18.2 Å². The first-order valence-electron chi connectivity index (χ1n) is 14.6. The highest BCUT2D eigenvalue weighted by molar-refractivity contribution is 8.00. The summed E-state index contributed by atoms with van der Waals surface area (Å²) in [5, 5.41) is 4.19. The summed E-state index contributed by atoms with van der Waals surface area (Å²) < 4.78 is 19.5. The third kappa shape index (κ3) is 4.71. The van der Waals surface area contributed by atoms with E-state index in [4.69, 9.17) is 16.3 Å². The smallest absolute Gasteiger partial charge is 0.305 e. The SMILES string of the molecule is O=C(COc1cccc([C@H]2c3sc(=O)[nH]c3SC3C2[C@H]2C[C@@H]3C3C(=O)N(c4ccc(F)cc4)C(=O)C32)c1)Nc1ccc(Cl)cc1. The Morgan fingerprint density at radius 2 is 1.73 bits per heavy atom. The summed E-state index contributed by atoms with van der Waals surface area (Å²) in [6.45, 7) is -0.203. The standard InChI is InChI=1S/C33H25ClFN3O5S2/c34-16-4-8-18(9-5-16)36-23(39)14-43-20-3-1-2-15(12-20)24-25-21-13-22(28(25)44-30-29(24)45-33(42)37-30)27-26(21)31(40)38(32(27)41)19-10-6-17(35)7-11-19/h1-12,21-22,24-28H,13-14H2,(H,36,39)(H,37,42)/t21-,22-,24-,25?,26?,27?,28?/m1/s1. The molecular weight excluding hydrogens is 637 g/mol. The van der Waals surface area contributed by atoms with Crippen LogP contribution >= 0.6 is 34.7 Å². The minimum Gasteiger partial charge on any atom is -0.484 e. The number of anilines is 2. The number of carbonyl (C=O) groups is 3. The third-order valence-electron chi connectivity index (χ3n) is 9.52. The van der Waals surface area contributed by atoms with Crippen LogP contribution in [0.3, 0.4) is 0 Å². The first kappa shape index (κ1) is 28.5. The molecule has 45 heavy (non-hydrogen) atoms. The van der Waals surface area contributed by atoms with Crippen LogP contribution in [-0.2, 0) is 14.4 Å². The van der Waals surface area contributed by atoms with Crippen molar-refractivity contribution in [2.24, 2.45) is 29.6 Å². The number of rotatable bonds is 6. The molecule has 3 aromatic carbocycles. The Kier molecular flexibility index (Phi) is 6.88. The monoisotopic (exact) mass is 661 g/mol. The lowest BCUT2D eigenvalue weighted by Crippen LogP contribution is -2.42. The van der Waals surface area contributed by atoms with Crippen molar-refractivity contribution in [3.8, 4) is 5.75 Å². The van der Waals surface area contributed by atoms with Crippen molar-refractivity contribution in [1.29, 1.82) is 0 Å². The normalized spacial score (nSPS) is 27.7. The van der Waals surface area contributed by atoms with E-state index in [-0.39, 0.29) is 58.1 Å². The molecule has 2 saturated carbocycles. The lowest BCUT2D eigenvalue weighted by molar-refractivity contribution is -0.123. The molecule has 7 atom stereocenters. The van der Waals surface area contributed by atoms with Gasteiger partial charge >= 0.3 is 4.87 Å². The molecule has 4 aliphatic rings. The average molecular weight is 662 g/mol. The summed E-state index contributed by atoms with van der Waals surface area (Å²) in [6, 6.07) is 19.8. The number of amides is 3. The zero-order valence-corrected chi connectivity index (χ0v) is 25.8. The van der Waals surface area contributed by atoms with Gasteiger partial charge < -0.3 is 15.0 Å². The van der Waals surface area contributed by atoms with Gasteiger partial charge in [0.2, 0.25) is 11.8 Å². The summed E-state index contributed by atoms with van der Waals surface area (Å²) in [4.78, 5) is 57.8. The van der Waals surface area contributed by atoms with Crippen LogP contribution in [0.1, 0.15) is 22.8 Å². The zero-order valence-electron chi connectivity index (χ0n) is 23.4. The first-order valence-corrected chi connectivity index (χ1v) is 16.7. The summed E-state index contributed by atoms with van der Waals surface area (Å²) >= 11 is 8.72. The number of thiazole rings is 1. The highest BCUT2D eigenvalue weighted by atomic mass is 35.5. The Balaban J connectivity index is 1.08. The second kappa shape index (κ2) is 10.9. The fourth-order valence-corrected chi connectivity index (χ4v) is 10.9. The number of halogens is 2. The second-order valence-electron chi connectivity index (χ2n) is 11.9. The van der Waals surface area contributed by atoms with Gasteiger partial charge in [-0.05, 0) is 90.4 Å². The molecule has 0 radical (unpaired) electrons. The zero-order chi connectivity index (χ0) is 31.0. The molecule has 2 N–H and O–H groups in total. The number of ether oxygens (including phenoxy) is 1. The number of benzene rings is 3. The molecule has 3 heterocycles. The molecule has 2 bridgehead atoms. The van der Waals surface area contributed by atoms with Crippen LogP contribution in [0.15, 0.2) is 82.6 Å². The number of imide groups is 1. The molecule has 228 valence electrons. The van der Waals surface area contributed by atoms with Gasteiger partial charge in [-0.2, -0.15) is 0 Å². The van der Waals surface area contributed by atoms with E-state index in [1.165, 1.54) is 40.5 Å². The van der Waals surface area contributed by atoms with Crippen molar-refractivity contribution in [3.63, 3.8) is 0 Å². The molecule has 4 aromatic rings. The Morgan fingerprint density at radius 1 is 1.00 bits per heavy atom. The number of hydrogen-bond donors (Lipinski definition) is 2. The van der Waals surface area contributed by atoms with Crippen molar-refractivity contribution in [2.75, 3.05) is 16.8 Å². The fraction of sp³-hybridized carbons (Fsp3) is 0.273. The fourth-order valence-electron chi connectivity index (χ4n) is 7.91. The number of fused-ring (bicyclic) bond motifs is 9. The number of nitrogens with zero attached hydrogens (tertiary/aromatic N) is 1. The van der Waals surface area contributed by atoms with E-state index in [0.29, 0.717) is 22.1 Å². The predicted molar refractivity (Wildman–Crippen MR) is 169 cm³/mol. The van der Waals surface area contributed by atoms with E-state index in [0.717, 1.165) is 21.9 Å². The van der Waals surface area contributed by atoms with Crippen LogP contribution in [-0.4, -0.2) is 34.6 Å². The molecule has 8 nitrogen and oxygen atoms in total. The second-order valence-corrected chi connectivity index (χ2v) is 14.5. The average Bonchev–Trinajstić information content (AvgIpc) is 3.77. The maximum Gasteiger partial charge on any atom is 0.305 e. The van der Waals surface area contributed by atoms with E-state index in [1.54, 1.807) is 42.1 Å². The lowest BCUT2D eigenvalue weighted by Gasteiger charge is -2.43. The van der Waals surface area contributed by atoms with Gasteiger partial charge in [0.15, 0.2) is 6.61 Å². The largest absolute Gasteiger partial charge is 0.484 e. The van der Waals surface area contributed by atoms with Crippen molar-refractivity contribution in [3.05, 3.63) is 104 Å². The Morgan fingerprint density at radius 3 is 2.49 bits per heavy atom. The summed E-state index contributed by atoms with van der Waals surface area (Å²) in [5.74, 6) is -1.90. The number of nitrogens with one attached hydrogen (secondary N) is 2. The van der Waals surface area contributed by atoms with E-state index < -0.39 is 17.7 Å². The van der Waals surface area contributed by atoms with Crippen LogP contribution in [0, 0.1) is 35.4 Å². The molecule has 8 rings (SSSR count). The van der Waals surface area contributed by atoms with Crippen LogP contribution in [0.25, 0.3) is 0 Å². The first-order chi connectivity index (χ1) is 21.8. The van der Waals surface area contributed by atoms with Gasteiger partial charge in [-0.15, -0.1) is 11.8 Å². The Labute approximate surface area is 269 Å². The van der Waals surface area contributed by atoms with Crippen LogP contribution in [0.2, 0.25) is 5.02 Å². The predicted octanol–water partition coefficient (Wildman–Crippen LogP) is 5.92. The van der Waals surface area contributed by atoms with Crippen LogP contribution in [0.5, 0.6) is 5.75 Å². The summed E-state index contributed by atoms with van der Waals surface area (Å²) in [5.41, 5.74) is 1.92. The number of thioether (sulfide) groups is 1. The van der Waals surface area contributed by atoms with Crippen LogP contribution in [0.4, 0.5) is 15.8 Å². The van der Waals surface area contributed by atoms with Gasteiger partial charge in [0.25, 0.3) is 5.91 Å². The van der Waals surface area contributed by atoms with E-state index in [2.05, 4.69) is 10.3 Å². The van der Waals surface area contributed by atoms with Gasteiger partial charge in [-0.1, -0.05) is 35.1 Å². The number of hydrogen-bond acceptors (Lipinski definition) is 7. The highest BCUT2D eigenvalue weighted by Gasteiger charge is 2.69. The van der Waals surface area contributed by atoms with Crippen molar-refractivity contribution in [2.45, 2.75) is 22.6 Å². The summed E-state index contributed by atoms with van der Waals surface area (Å²) in [7, 11) is 0. The third-order valence-corrected chi connectivity index (χ3v) is 12.4. The molecule has 2 aliphatic heterocycles. The van der Waals surface area contributed by atoms with Crippen molar-refractivity contribution < 1.29 is 23.5 Å². The van der Waals surface area contributed by atoms with E-state index >= 15 is 0 Å². The maximum atomic E-state index is 13.9. The van der Waals surface area contributed by atoms with Crippen molar-refractivity contribution >= 4 is 63.8 Å². The van der Waals surface area contributed by atoms with Gasteiger partial charge in [0, 0.05) is 26.8 Å². The van der Waals surface area contributed by atoms with Gasteiger partial charge in [-0.25, -0.2) is 4.39 Å². The Hall–Kier alpha value is -3.93. The maximum absolute atomic E-state index is 13.9. The van der Waals surface area contributed by atoms with E-state index in [9.17, 15) is 23.6 Å². The molecule has 3 amide bonds. The number of H-pyrrole nitrogens is 1. The minimum absolute atomic E-state index is 0.00794. The quantitative estimate of drug-likeness (QED) is 0.248. The summed E-state index contributed by atoms with van der Waals surface area (Å²) in [6.07, 6.45) is 0.753. The van der Waals surface area contributed by atoms with Crippen LogP contribution < -0.4 is 19.8 Å². The van der Waals surface area contributed by atoms with Gasteiger partial charge in [0.05, 0.1) is 22.5 Å². The Bertz CT molecular complexity index is 1910. The molecule has 3 fully saturated rings.